The molecule has 2 aliphatic rings. The van der Waals surface area contributed by atoms with E-state index in [0.29, 0.717) is 0 Å². The second-order valence-corrected chi connectivity index (χ2v) is 16.5. The molecule has 1 aromatic heterocycles. The third-order valence-corrected chi connectivity index (χ3v) is 13.2. The predicted molar refractivity (Wildman–Crippen MR) is 248 cm³/mol. The van der Waals surface area contributed by atoms with Crippen molar-refractivity contribution in [1.82, 2.24) is 15.4 Å². The SMILES string of the molecule is Cc1cc2c(c(-c3c(-c4ccccc4-c4ccccc4)cccc3-c3nnnc(-c4ccccc4)c3-c3c(C)c(C)cc4c3Cc3ccccc3-4)c1C)Cc1ccccc1-2. The molecule has 0 saturated carbocycles. The zero-order valence-corrected chi connectivity index (χ0v) is 34.3. The van der Waals surface area contributed by atoms with Crippen LogP contribution in [0.3, 0.4) is 0 Å². The van der Waals surface area contributed by atoms with Crippen LogP contribution in [0.25, 0.3) is 89.3 Å². The van der Waals surface area contributed by atoms with E-state index in [-0.39, 0.29) is 0 Å². The Hall–Kier alpha value is -7.23. The fourth-order valence-corrected chi connectivity index (χ4v) is 10.1. The van der Waals surface area contributed by atoms with Gasteiger partial charge in [0.05, 0.1) is 0 Å². The van der Waals surface area contributed by atoms with Crippen molar-refractivity contribution in [3.05, 3.63) is 208 Å². The molecular weight excluding hydrogens is 727 g/mol. The van der Waals surface area contributed by atoms with Crippen molar-refractivity contribution in [3.8, 4) is 89.3 Å². The minimum absolute atomic E-state index is 0.840. The second-order valence-electron chi connectivity index (χ2n) is 16.5. The highest BCUT2D eigenvalue weighted by Crippen LogP contribution is 2.53. The van der Waals surface area contributed by atoms with Crippen molar-refractivity contribution in [1.29, 1.82) is 0 Å². The first-order valence-electron chi connectivity index (χ1n) is 21.0. The van der Waals surface area contributed by atoms with E-state index in [1.807, 2.05) is 0 Å². The number of aromatic nitrogens is 3. The van der Waals surface area contributed by atoms with E-state index < -0.39 is 0 Å². The molecule has 2 aliphatic carbocycles. The van der Waals surface area contributed by atoms with Crippen LogP contribution in [0, 0.1) is 27.7 Å². The zero-order chi connectivity index (χ0) is 40.5. The van der Waals surface area contributed by atoms with Crippen LogP contribution in [0.15, 0.2) is 164 Å². The molecule has 3 nitrogen and oxygen atoms in total. The second kappa shape index (κ2) is 14.2. The van der Waals surface area contributed by atoms with Crippen LogP contribution in [-0.4, -0.2) is 15.4 Å². The minimum atomic E-state index is 0.840. The topological polar surface area (TPSA) is 38.7 Å². The molecule has 1 heterocycles. The Kier molecular flexibility index (Phi) is 8.53. The number of aryl methyl sites for hydroxylation is 2. The highest BCUT2D eigenvalue weighted by atomic mass is 15.3. The van der Waals surface area contributed by atoms with Crippen molar-refractivity contribution < 1.29 is 0 Å². The number of hydrogen-bond acceptors (Lipinski definition) is 3. The fraction of sp³-hybridized carbons (Fsp3) is 0.105. The molecule has 0 saturated heterocycles. The van der Waals surface area contributed by atoms with Gasteiger partial charge in [0.2, 0.25) is 0 Å². The van der Waals surface area contributed by atoms with Crippen LogP contribution in [0.2, 0.25) is 0 Å². The molecule has 0 spiro atoms. The van der Waals surface area contributed by atoms with Crippen LogP contribution >= 0.6 is 0 Å². The molecule has 0 N–H and O–H groups in total. The third-order valence-electron chi connectivity index (χ3n) is 13.2. The molecule has 0 fully saturated rings. The van der Waals surface area contributed by atoms with Gasteiger partial charge in [-0.3, -0.25) is 0 Å². The molecule has 0 aliphatic heterocycles. The number of benzene rings is 8. The van der Waals surface area contributed by atoms with Crippen LogP contribution in [0.5, 0.6) is 0 Å². The molecular formula is C57H43N3. The first-order chi connectivity index (χ1) is 29.5. The Morgan fingerprint density at radius 2 is 0.783 bits per heavy atom. The number of fused-ring (bicyclic) bond motifs is 6. The molecule has 0 atom stereocenters. The van der Waals surface area contributed by atoms with Crippen LogP contribution in [0.1, 0.15) is 44.5 Å². The van der Waals surface area contributed by atoms with E-state index in [2.05, 4.69) is 197 Å². The standard InChI is InChI=1S/C57H43N3/c1-34-30-48-43-25-13-11-22-40(43)32-50(48)52(36(34)3)54-46(45-27-16-15-24-42(45)38-18-7-5-8-19-38)28-17-29-47(54)57-55(56(58-60-59-57)39-20-9-6-10-21-39)53-37(4)35(2)31-49-44-26-14-12-23-41(44)33-51(49)53/h5-31H,32-33H2,1-4H3. The Labute approximate surface area is 352 Å². The van der Waals surface area contributed by atoms with Gasteiger partial charge in [0, 0.05) is 16.7 Å². The summed E-state index contributed by atoms with van der Waals surface area (Å²) in [6.07, 6.45) is 1.71. The van der Waals surface area contributed by atoms with Crippen LogP contribution in [0.4, 0.5) is 0 Å². The molecule has 286 valence electrons. The maximum Gasteiger partial charge on any atom is 0.105 e. The molecule has 8 aromatic carbocycles. The smallest absolute Gasteiger partial charge is 0.105 e. The summed E-state index contributed by atoms with van der Waals surface area (Å²) in [5, 5.41) is 14.8. The summed E-state index contributed by atoms with van der Waals surface area (Å²) < 4.78 is 0. The molecule has 3 heteroatoms. The molecule has 0 radical (unpaired) electrons. The van der Waals surface area contributed by atoms with E-state index >= 15 is 0 Å². The average Bonchev–Trinajstić information content (AvgIpc) is 3.85. The summed E-state index contributed by atoms with van der Waals surface area (Å²) in [7, 11) is 0. The van der Waals surface area contributed by atoms with E-state index in [9.17, 15) is 0 Å². The molecule has 0 bridgehead atoms. The lowest BCUT2D eigenvalue weighted by Crippen LogP contribution is -2.06. The van der Waals surface area contributed by atoms with Gasteiger partial charge in [0.25, 0.3) is 0 Å². The van der Waals surface area contributed by atoms with E-state index in [1.54, 1.807) is 0 Å². The Balaban J connectivity index is 1.29. The van der Waals surface area contributed by atoms with E-state index in [1.165, 1.54) is 106 Å². The molecule has 11 rings (SSSR count). The van der Waals surface area contributed by atoms with Gasteiger partial charge in [-0.05, 0) is 151 Å². The summed E-state index contributed by atoms with van der Waals surface area (Å²) in [5.74, 6) is 0. The summed E-state index contributed by atoms with van der Waals surface area (Å²) in [5.41, 5.74) is 28.8. The summed E-state index contributed by atoms with van der Waals surface area (Å²) in [4.78, 5) is 0. The first-order valence-corrected chi connectivity index (χ1v) is 21.0. The normalized spacial score (nSPS) is 12.2. The lowest BCUT2D eigenvalue weighted by molar-refractivity contribution is 0.878. The summed E-state index contributed by atoms with van der Waals surface area (Å²) in [6.45, 7) is 9.09. The van der Waals surface area contributed by atoms with Crippen molar-refractivity contribution in [2.75, 3.05) is 0 Å². The van der Waals surface area contributed by atoms with Crippen LogP contribution in [-0.2, 0) is 12.8 Å². The lowest BCUT2D eigenvalue weighted by atomic mass is 9.79. The van der Waals surface area contributed by atoms with E-state index in [0.717, 1.165) is 40.9 Å². The molecule has 9 aromatic rings. The largest absolute Gasteiger partial charge is 0.129 e. The van der Waals surface area contributed by atoms with E-state index in [4.69, 9.17) is 10.2 Å². The van der Waals surface area contributed by atoms with Gasteiger partial charge in [0.1, 0.15) is 11.4 Å². The van der Waals surface area contributed by atoms with Crippen molar-refractivity contribution >= 4 is 0 Å². The monoisotopic (exact) mass is 769 g/mol. The van der Waals surface area contributed by atoms with Gasteiger partial charge in [-0.25, -0.2) is 0 Å². The lowest BCUT2D eigenvalue weighted by Gasteiger charge is -2.25. The Morgan fingerprint density at radius 3 is 1.38 bits per heavy atom. The summed E-state index contributed by atoms with van der Waals surface area (Å²) >= 11 is 0. The Morgan fingerprint density at radius 1 is 0.333 bits per heavy atom. The first kappa shape index (κ1) is 35.9. The maximum atomic E-state index is 5.18. The average molecular weight is 770 g/mol. The van der Waals surface area contributed by atoms with Crippen molar-refractivity contribution in [3.63, 3.8) is 0 Å². The van der Waals surface area contributed by atoms with Gasteiger partial charge in [-0.1, -0.05) is 164 Å². The number of hydrogen-bond donors (Lipinski definition) is 0. The van der Waals surface area contributed by atoms with Gasteiger partial charge in [-0.15, -0.1) is 10.2 Å². The quantitative estimate of drug-likeness (QED) is 0.169. The van der Waals surface area contributed by atoms with Gasteiger partial charge >= 0.3 is 0 Å². The van der Waals surface area contributed by atoms with Gasteiger partial charge < -0.3 is 0 Å². The number of nitrogens with zero attached hydrogens (tertiary/aromatic N) is 3. The number of rotatable bonds is 6. The van der Waals surface area contributed by atoms with Crippen molar-refractivity contribution in [2.24, 2.45) is 0 Å². The highest BCUT2D eigenvalue weighted by Gasteiger charge is 2.32. The predicted octanol–water partition coefficient (Wildman–Crippen LogP) is 14.2. The maximum absolute atomic E-state index is 5.18. The highest BCUT2D eigenvalue weighted by molar-refractivity contribution is 6.06. The van der Waals surface area contributed by atoms with Gasteiger partial charge in [-0.2, -0.15) is 0 Å². The van der Waals surface area contributed by atoms with Crippen molar-refractivity contribution in [2.45, 2.75) is 40.5 Å². The summed E-state index contributed by atoms with van der Waals surface area (Å²) in [6, 6.07) is 59.6. The molecule has 0 amide bonds. The molecule has 0 unspecified atom stereocenters. The fourth-order valence-electron chi connectivity index (χ4n) is 10.1. The van der Waals surface area contributed by atoms with Gasteiger partial charge in [0.15, 0.2) is 0 Å². The zero-order valence-electron chi connectivity index (χ0n) is 34.3. The third kappa shape index (κ3) is 5.61. The molecule has 60 heavy (non-hydrogen) atoms. The van der Waals surface area contributed by atoms with Crippen LogP contribution < -0.4 is 0 Å². The minimum Gasteiger partial charge on any atom is -0.129 e. The Bertz CT molecular complexity index is 3180.